The highest BCUT2D eigenvalue weighted by molar-refractivity contribution is 6.10. The smallest absolute Gasteiger partial charge is 0.345 e. The summed E-state index contributed by atoms with van der Waals surface area (Å²) in [5, 5.41) is 4.09. The number of fused-ring (bicyclic) bond motifs is 3. The Bertz CT molecular complexity index is 1240. The number of aryl methyl sites for hydroxylation is 1. The Hall–Kier alpha value is -3.54. The van der Waals surface area contributed by atoms with E-state index < -0.39 is 5.63 Å². The predicted octanol–water partition coefficient (Wildman–Crippen LogP) is 4.42. The third kappa shape index (κ3) is 2.93. The van der Waals surface area contributed by atoms with Crippen molar-refractivity contribution in [2.24, 2.45) is 0 Å². The lowest BCUT2D eigenvalue weighted by Gasteiger charge is -2.13. The quantitative estimate of drug-likeness (QED) is 0.523. The summed E-state index contributed by atoms with van der Waals surface area (Å²) >= 11 is 0. The minimum atomic E-state index is -0.454. The first-order chi connectivity index (χ1) is 13.6. The minimum absolute atomic E-state index is 0.311. The first-order valence-electron chi connectivity index (χ1n) is 9.22. The SMILES string of the molecule is CCOc1ccccc1NC(=O)c1cc2c(=O)oc3ccccc3c2n1CC. The number of nitrogens with one attached hydrogen (secondary N) is 1. The molecule has 1 N–H and O–H groups in total. The molecule has 0 radical (unpaired) electrons. The molecule has 6 nitrogen and oxygen atoms in total. The molecule has 0 saturated heterocycles. The van der Waals surface area contributed by atoms with Crippen LogP contribution >= 0.6 is 0 Å². The molecule has 0 unspecified atom stereocenters. The summed E-state index contributed by atoms with van der Waals surface area (Å²) < 4.78 is 12.8. The Kier molecular flexibility index (Phi) is 4.61. The van der Waals surface area contributed by atoms with Crippen LogP contribution in [0.15, 0.2) is 63.8 Å². The molecule has 1 amide bonds. The third-order valence-electron chi connectivity index (χ3n) is 4.65. The van der Waals surface area contributed by atoms with Gasteiger partial charge in [-0.05, 0) is 44.2 Å². The van der Waals surface area contributed by atoms with Crippen LogP contribution in [0, 0.1) is 0 Å². The molecule has 4 aromatic rings. The maximum atomic E-state index is 13.0. The van der Waals surface area contributed by atoms with Gasteiger partial charge in [-0.2, -0.15) is 0 Å². The Morgan fingerprint density at radius 1 is 1.07 bits per heavy atom. The van der Waals surface area contributed by atoms with Crippen LogP contribution in [-0.4, -0.2) is 17.1 Å². The van der Waals surface area contributed by atoms with Gasteiger partial charge in [0.05, 0.1) is 23.2 Å². The molecular weight excluding hydrogens is 356 g/mol. The lowest BCUT2D eigenvalue weighted by atomic mass is 10.2. The van der Waals surface area contributed by atoms with E-state index in [0.29, 0.717) is 46.8 Å². The Morgan fingerprint density at radius 2 is 1.82 bits per heavy atom. The van der Waals surface area contributed by atoms with Crippen molar-refractivity contribution < 1.29 is 13.9 Å². The number of carbonyl (C=O) groups is 1. The number of ether oxygens (including phenoxy) is 1. The van der Waals surface area contributed by atoms with Gasteiger partial charge in [0.15, 0.2) is 0 Å². The highest BCUT2D eigenvalue weighted by Gasteiger charge is 2.20. The van der Waals surface area contributed by atoms with Gasteiger partial charge < -0.3 is 19.0 Å². The van der Waals surface area contributed by atoms with Crippen molar-refractivity contribution in [2.45, 2.75) is 20.4 Å². The van der Waals surface area contributed by atoms with Gasteiger partial charge in [0.25, 0.3) is 5.91 Å². The van der Waals surface area contributed by atoms with E-state index in [2.05, 4.69) is 5.32 Å². The van der Waals surface area contributed by atoms with Crippen LogP contribution in [0.1, 0.15) is 24.3 Å². The van der Waals surface area contributed by atoms with Gasteiger partial charge in [-0.25, -0.2) is 4.79 Å². The van der Waals surface area contributed by atoms with Gasteiger partial charge >= 0.3 is 5.63 Å². The van der Waals surface area contributed by atoms with Crippen molar-refractivity contribution in [1.29, 1.82) is 0 Å². The van der Waals surface area contributed by atoms with Crippen LogP contribution in [0.5, 0.6) is 5.75 Å². The van der Waals surface area contributed by atoms with Crippen LogP contribution in [0.25, 0.3) is 21.9 Å². The van der Waals surface area contributed by atoms with E-state index in [1.54, 1.807) is 24.3 Å². The van der Waals surface area contributed by atoms with Gasteiger partial charge in [-0.3, -0.25) is 4.79 Å². The van der Waals surface area contributed by atoms with Gasteiger partial charge in [0.2, 0.25) is 0 Å². The fourth-order valence-electron chi connectivity index (χ4n) is 3.46. The highest BCUT2D eigenvalue weighted by atomic mass is 16.5. The van der Waals surface area contributed by atoms with E-state index in [4.69, 9.17) is 9.15 Å². The van der Waals surface area contributed by atoms with E-state index in [9.17, 15) is 9.59 Å². The van der Waals surface area contributed by atoms with Crippen molar-refractivity contribution in [2.75, 3.05) is 11.9 Å². The molecule has 2 heterocycles. The summed E-state index contributed by atoms with van der Waals surface area (Å²) in [5.74, 6) is 0.288. The summed E-state index contributed by atoms with van der Waals surface area (Å²) in [5.41, 5.74) is 1.73. The lowest BCUT2D eigenvalue weighted by Crippen LogP contribution is -2.17. The average Bonchev–Trinajstić information content (AvgIpc) is 3.10. The standard InChI is InChI=1S/C22H20N2O4/c1-3-24-17(21(25)23-16-10-6-8-12-19(16)27-4-2)13-15-20(24)14-9-5-7-11-18(14)28-22(15)26/h5-13H,3-4H2,1-2H3,(H,23,25). The molecule has 0 aliphatic heterocycles. The Balaban J connectivity index is 1.85. The van der Waals surface area contributed by atoms with Gasteiger partial charge in [-0.15, -0.1) is 0 Å². The molecule has 0 aliphatic rings. The molecule has 0 aliphatic carbocycles. The van der Waals surface area contributed by atoms with Crippen molar-refractivity contribution in [3.63, 3.8) is 0 Å². The van der Waals surface area contributed by atoms with Crippen molar-refractivity contribution in [3.8, 4) is 5.75 Å². The van der Waals surface area contributed by atoms with Crippen molar-refractivity contribution in [3.05, 3.63) is 70.7 Å². The number of amides is 1. The molecular formula is C22H20N2O4. The molecule has 0 spiro atoms. The predicted molar refractivity (Wildman–Crippen MR) is 109 cm³/mol. The molecule has 0 fully saturated rings. The summed E-state index contributed by atoms with van der Waals surface area (Å²) in [4.78, 5) is 25.5. The number of anilines is 1. The summed E-state index contributed by atoms with van der Waals surface area (Å²) in [6, 6.07) is 16.2. The van der Waals surface area contributed by atoms with Crippen LogP contribution in [0.4, 0.5) is 5.69 Å². The van der Waals surface area contributed by atoms with Crippen LogP contribution in [0.2, 0.25) is 0 Å². The zero-order valence-electron chi connectivity index (χ0n) is 15.7. The van der Waals surface area contributed by atoms with E-state index >= 15 is 0 Å². The molecule has 2 aromatic heterocycles. The monoisotopic (exact) mass is 376 g/mol. The summed E-state index contributed by atoms with van der Waals surface area (Å²) in [6.45, 7) is 4.85. The third-order valence-corrected chi connectivity index (χ3v) is 4.65. The number of hydrogen-bond donors (Lipinski definition) is 1. The van der Waals surface area contributed by atoms with Crippen LogP contribution in [0.3, 0.4) is 0 Å². The average molecular weight is 376 g/mol. The topological polar surface area (TPSA) is 73.5 Å². The fourth-order valence-corrected chi connectivity index (χ4v) is 3.46. The van der Waals surface area contributed by atoms with Gasteiger partial charge in [0, 0.05) is 11.9 Å². The number of nitrogens with zero attached hydrogens (tertiary/aromatic N) is 1. The molecule has 6 heteroatoms. The van der Waals surface area contributed by atoms with E-state index in [-0.39, 0.29) is 5.91 Å². The normalized spacial score (nSPS) is 11.1. The number of carbonyl (C=O) groups excluding carboxylic acids is 1. The maximum Gasteiger partial charge on any atom is 0.345 e. The van der Waals surface area contributed by atoms with Crippen LogP contribution < -0.4 is 15.7 Å². The zero-order valence-corrected chi connectivity index (χ0v) is 15.7. The maximum absolute atomic E-state index is 13.0. The largest absolute Gasteiger partial charge is 0.492 e. The van der Waals surface area contributed by atoms with Crippen molar-refractivity contribution in [1.82, 2.24) is 4.57 Å². The van der Waals surface area contributed by atoms with E-state index in [1.165, 1.54) is 0 Å². The molecule has 28 heavy (non-hydrogen) atoms. The van der Waals surface area contributed by atoms with Gasteiger partial charge in [0.1, 0.15) is 17.0 Å². The van der Waals surface area contributed by atoms with E-state index in [1.807, 2.05) is 48.7 Å². The zero-order chi connectivity index (χ0) is 19.7. The van der Waals surface area contributed by atoms with Crippen molar-refractivity contribution >= 4 is 33.5 Å². The summed E-state index contributed by atoms with van der Waals surface area (Å²) in [7, 11) is 0. The highest BCUT2D eigenvalue weighted by Crippen LogP contribution is 2.28. The molecule has 4 rings (SSSR count). The second kappa shape index (κ2) is 7.23. The second-order valence-corrected chi connectivity index (χ2v) is 6.31. The molecule has 0 saturated carbocycles. The van der Waals surface area contributed by atoms with Crippen LogP contribution in [-0.2, 0) is 6.54 Å². The Morgan fingerprint density at radius 3 is 2.61 bits per heavy atom. The molecule has 2 aromatic carbocycles. The van der Waals surface area contributed by atoms with E-state index in [0.717, 1.165) is 5.39 Å². The van der Waals surface area contributed by atoms with Gasteiger partial charge in [-0.1, -0.05) is 24.3 Å². The number of rotatable bonds is 5. The second-order valence-electron chi connectivity index (χ2n) is 6.31. The Labute approximate surface area is 161 Å². The number of hydrogen-bond acceptors (Lipinski definition) is 4. The number of aromatic nitrogens is 1. The minimum Gasteiger partial charge on any atom is -0.492 e. The first-order valence-corrected chi connectivity index (χ1v) is 9.22. The summed E-state index contributed by atoms with van der Waals surface area (Å²) in [6.07, 6.45) is 0. The molecule has 0 bridgehead atoms. The first kappa shape index (κ1) is 17.9. The fraction of sp³-hybridized carbons (Fsp3) is 0.182. The lowest BCUT2D eigenvalue weighted by molar-refractivity contribution is 0.101. The molecule has 142 valence electrons. The number of para-hydroxylation sites is 3. The molecule has 0 atom stereocenters. The number of benzene rings is 2.